The zero-order valence-electron chi connectivity index (χ0n) is 5.18. The molecule has 0 bridgehead atoms. The van der Waals surface area contributed by atoms with Gasteiger partial charge >= 0.3 is 29.6 Å². The van der Waals surface area contributed by atoms with Crippen molar-refractivity contribution in [3.63, 3.8) is 0 Å². The summed E-state index contributed by atoms with van der Waals surface area (Å²) in [4.78, 5) is 0. The van der Waals surface area contributed by atoms with Gasteiger partial charge in [0.15, 0.2) is 0 Å². The minimum absolute atomic E-state index is 0. The van der Waals surface area contributed by atoms with Crippen LogP contribution in [0.4, 0.5) is 0 Å². The first-order chi connectivity index (χ1) is 3.91. The van der Waals surface area contributed by atoms with Crippen LogP contribution < -0.4 is 29.6 Å². The molecular formula is C5H11BNNaO. The van der Waals surface area contributed by atoms with Gasteiger partial charge < -0.3 is 4.74 Å². The Kier molecular flexibility index (Phi) is 15.4. The van der Waals surface area contributed by atoms with Crippen LogP contribution in [0.3, 0.4) is 0 Å². The summed E-state index contributed by atoms with van der Waals surface area (Å²) < 4.78 is 4.94. The second-order valence-electron chi connectivity index (χ2n) is 1.32. The summed E-state index contributed by atoms with van der Waals surface area (Å²) >= 11 is 0. The van der Waals surface area contributed by atoms with E-state index >= 15 is 0 Å². The Labute approximate surface area is 79.3 Å². The molecule has 0 aromatic heterocycles. The standard InChI is InChI=1S/C4H8O.CH3BN.Na/c1-2-4-5-3-1;2-1-3;/h1-4H2;2H3;/q;-1;+1. The molecule has 1 heterocycles. The normalized spacial score (nSPS) is 14.2. The SMILES string of the molecule is C1CCOC1.[BH3-]C#N.[Na+]. The molecule has 46 valence electrons. The van der Waals surface area contributed by atoms with E-state index < -0.39 is 0 Å². The second kappa shape index (κ2) is 11.3. The monoisotopic (exact) mass is 135 g/mol. The molecule has 0 N–H and O–H groups in total. The largest absolute Gasteiger partial charge is 1.00 e. The van der Waals surface area contributed by atoms with E-state index in [9.17, 15) is 0 Å². The van der Waals surface area contributed by atoms with Crippen LogP contribution in [0.1, 0.15) is 12.8 Å². The maximum absolute atomic E-state index is 7.43. The summed E-state index contributed by atoms with van der Waals surface area (Å²) in [6, 6.07) is 0. The summed E-state index contributed by atoms with van der Waals surface area (Å²) in [6.07, 6.45) is 2.56. The van der Waals surface area contributed by atoms with E-state index in [1.807, 2.05) is 5.97 Å². The van der Waals surface area contributed by atoms with Gasteiger partial charge in [-0.05, 0) is 12.8 Å². The molecule has 9 heavy (non-hydrogen) atoms. The quantitative estimate of drug-likeness (QED) is 0.325. The molecule has 0 amide bonds. The molecular weight excluding hydrogens is 124 g/mol. The number of ether oxygens (including phenoxy) is 1. The number of hydrogen-bond donors (Lipinski definition) is 0. The van der Waals surface area contributed by atoms with Crippen molar-refractivity contribution in [1.82, 2.24) is 0 Å². The topological polar surface area (TPSA) is 33.0 Å². The van der Waals surface area contributed by atoms with Gasteiger partial charge in [-0.2, -0.15) is 5.97 Å². The van der Waals surface area contributed by atoms with Gasteiger partial charge in [0.05, 0.1) is 7.85 Å². The first-order valence-electron chi connectivity index (χ1n) is 2.30. The third-order valence-electron chi connectivity index (χ3n) is 0.827. The van der Waals surface area contributed by atoms with Gasteiger partial charge in [0.25, 0.3) is 0 Å². The average Bonchev–Trinajstić information content (AvgIpc) is 2.17. The van der Waals surface area contributed by atoms with Crippen LogP contribution >= 0.6 is 0 Å². The Morgan fingerprint density at radius 3 is 1.78 bits per heavy atom. The molecule has 0 aromatic rings. The van der Waals surface area contributed by atoms with E-state index in [4.69, 9.17) is 10.00 Å². The number of hydrogen-bond acceptors (Lipinski definition) is 2. The smallest absolute Gasteiger partial charge is 0.381 e. The van der Waals surface area contributed by atoms with Crippen LogP contribution in [0.5, 0.6) is 0 Å². The van der Waals surface area contributed by atoms with Gasteiger partial charge in [-0.25, -0.2) is 0 Å². The van der Waals surface area contributed by atoms with E-state index in [-0.39, 0.29) is 37.4 Å². The summed E-state index contributed by atoms with van der Waals surface area (Å²) in [5, 5.41) is 7.43. The predicted molar refractivity (Wildman–Crippen MR) is 35.6 cm³/mol. The Hall–Kier alpha value is 0.515. The molecule has 0 aliphatic carbocycles. The van der Waals surface area contributed by atoms with E-state index in [0.717, 1.165) is 13.2 Å². The van der Waals surface area contributed by atoms with Crippen molar-refractivity contribution in [3.05, 3.63) is 0 Å². The van der Waals surface area contributed by atoms with Crippen molar-refractivity contribution < 1.29 is 34.3 Å². The zero-order valence-corrected chi connectivity index (χ0v) is 7.18. The predicted octanol–water partition coefficient (Wildman–Crippen LogP) is -3.37. The fraction of sp³-hybridized carbons (Fsp3) is 0.800. The van der Waals surface area contributed by atoms with Gasteiger partial charge in [-0.1, -0.05) is 0 Å². The minimum Gasteiger partial charge on any atom is -0.381 e. The van der Waals surface area contributed by atoms with Crippen LogP contribution in [0.2, 0.25) is 0 Å². The maximum atomic E-state index is 7.43. The molecule has 1 aliphatic heterocycles. The average molecular weight is 135 g/mol. The zero-order chi connectivity index (χ0) is 6.24. The van der Waals surface area contributed by atoms with Gasteiger partial charge in [0, 0.05) is 13.2 Å². The van der Waals surface area contributed by atoms with Crippen molar-refractivity contribution in [3.8, 4) is 5.97 Å². The minimum atomic E-state index is 0. The van der Waals surface area contributed by atoms with Gasteiger partial charge in [-0.15, -0.1) is 0 Å². The van der Waals surface area contributed by atoms with Crippen LogP contribution in [-0.4, -0.2) is 21.1 Å². The van der Waals surface area contributed by atoms with Crippen LogP contribution in [0, 0.1) is 11.2 Å². The first-order valence-corrected chi connectivity index (χ1v) is 2.30. The Morgan fingerprint density at radius 1 is 1.33 bits per heavy atom. The molecule has 1 saturated heterocycles. The van der Waals surface area contributed by atoms with Gasteiger partial charge in [-0.3, -0.25) is 5.26 Å². The molecule has 1 aliphatic rings. The third kappa shape index (κ3) is 11.9. The second-order valence-corrected chi connectivity index (χ2v) is 1.32. The summed E-state index contributed by atoms with van der Waals surface area (Å²) in [6.45, 7) is 2.00. The van der Waals surface area contributed by atoms with Gasteiger partial charge in [0.2, 0.25) is 0 Å². The van der Waals surface area contributed by atoms with Crippen LogP contribution in [-0.2, 0) is 4.74 Å². The maximum Gasteiger partial charge on any atom is 1.00 e. The number of rotatable bonds is 0. The molecule has 0 atom stereocenters. The molecule has 2 nitrogen and oxygen atoms in total. The van der Waals surface area contributed by atoms with Crippen molar-refractivity contribution in [2.75, 3.05) is 13.2 Å². The fourth-order valence-corrected chi connectivity index (χ4v) is 0.510. The van der Waals surface area contributed by atoms with Crippen molar-refractivity contribution >= 4 is 7.85 Å². The van der Waals surface area contributed by atoms with Crippen LogP contribution in [0.15, 0.2) is 0 Å². The Balaban J connectivity index is 0. The summed E-state index contributed by atoms with van der Waals surface area (Å²) in [5.41, 5.74) is 0. The molecule has 1 rings (SSSR count). The Morgan fingerprint density at radius 2 is 1.67 bits per heavy atom. The van der Waals surface area contributed by atoms with Gasteiger partial charge in [0.1, 0.15) is 0 Å². The third-order valence-corrected chi connectivity index (χ3v) is 0.827. The van der Waals surface area contributed by atoms with E-state index in [2.05, 4.69) is 0 Å². The van der Waals surface area contributed by atoms with E-state index in [0.29, 0.717) is 0 Å². The fourth-order valence-electron chi connectivity index (χ4n) is 0.510. The molecule has 0 spiro atoms. The van der Waals surface area contributed by atoms with Crippen molar-refractivity contribution in [2.45, 2.75) is 12.8 Å². The van der Waals surface area contributed by atoms with Crippen molar-refractivity contribution in [1.29, 1.82) is 5.26 Å². The van der Waals surface area contributed by atoms with Crippen LogP contribution in [0.25, 0.3) is 0 Å². The van der Waals surface area contributed by atoms with Crippen molar-refractivity contribution in [2.24, 2.45) is 0 Å². The summed E-state index contributed by atoms with van der Waals surface area (Å²) in [5.74, 6) is 2.00. The molecule has 0 radical (unpaired) electrons. The first kappa shape index (κ1) is 12.2. The van der Waals surface area contributed by atoms with E-state index in [1.54, 1.807) is 0 Å². The molecule has 0 saturated carbocycles. The summed E-state index contributed by atoms with van der Waals surface area (Å²) in [7, 11) is 0.0694. The molecule has 4 heteroatoms. The molecule has 0 unspecified atom stereocenters. The number of nitrogens with zero attached hydrogens (tertiary/aromatic N) is 1. The molecule has 0 aromatic carbocycles. The number of nitriles is 1. The van der Waals surface area contributed by atoms with E-state index in [1.165, 1.54) is 12.8 Å². The molecule has 1 fully saturated rings. The Bertz CT molecular complexity index is 71.9.